The molecule has 4 heterocycles. The highest BCUT2D eigenvalue weighted by Crippen LogP contribution is 2.41. The van der Waals surface area contributed by atoms with Crippen LogP contribution in [0.4, 0.5) is 10.1 Å². The largest absolute Gasteiger partial charge is 0.336 e. The number of thiophene rings is 1. The number of aromatic nitrogens is 2. The minimum absolute atomic E-state index is 0.00821. The molecule has 32 heavy (non-hydrogen) atoms. The first kappa shape index (κ1) is 20.4. The number of carbonyl (C=O) groups excluding carboxylic acids is 1. The lowest BCUT2D eigenvalue weighted by Gasteiger charge is -2.30. The average Bonchev–Trinajstić information content (AvgIpc) is 3.45. The molecular weight excluding hydrogens is 425 g/mol. The Bertz CT molecular complexity index is 1370. The van der Waals surface area contributed by atoms with Gasteiger partial charge in [0.2, 0.25) is 5.69 Å². The number of piperidine rings is 1. The van der Waals surface area contributed by atoms with Gasteiger partial charge in [-0.2, -0.15) is 5.10 Å². The molecule has 1 fully saturated rings. The number of likely N-dealkylation sites (tertiary alicyclic amines) is 1. The summed E-state index contributed by atoms with van der Waals surface area (Å²) in [5.41, 5.74) is 9.29. The van der Waals surface area contributed by atoms with Crippen molar-refractivity contribution in [3.8, 4) is 21.6 Å². The van der Waals surface area contributed by atoms with E-state index in [0.717, 1.165) is 34.4 Å². The highest BCUT2D eigenvalue weighted by atomic mass is 32.1. The lowest BCUT2D eigenvalue weighted by atomic mass is 10.0. The number of benzene rings is 1. The van der Waals surface area contributed by atoms with Crippen LogP contribution in [-0.4, -0.2) is 39.6 Å². The minimum atomic E-state index is -0.573. The Labute approximate surface area is 188 Å². The van der Waals surface area contributed by atoms with Crippen LogP contribution in [0.2, 0.25) is 0 Å². The Morgan fingerprint density at radius 3 is 2.88 bits per heavy atom. The Morgan fingerprint density at radius 1 is 1.22 bits per heavy atom. The van der Waals surface area contributed by atoms with E-state index in [0.29, 0.717) is 23.5 Å². The Balaban J connectivity index is 1.62. The maximum Gasteiger partial charge on any atom is 0.264 e. The summed E-state index contributed by atoms with van der Waals surface area (Å²) in [6.45, 7) is 8.33. The van der Waals surface area contributed by atoms with Gasteiger partial charge in [0.05, 0.1) is 17.0 Å². The molecule has 0 saturated carbocycles. The molecule has 0 aliphatic carbocycles. The number of carbonyl (C=O) groups is 1. The van der Waals surface area contributed by atoms with E-state index >= 15 is 0 Å². The van der Waals surface area contributed by atoms with Crippen LogP contribution in [0.5, 0.6) is 0 Å². The van der Waals surface area contributed by atoms with Crippen LogP contribution in [0.3, 0.4) is 0 Å². The van der Waals surface area contributed by atoms with Crippen LogP contribution < -0.4 is 5.73 Å². The number of pyridine rings is 1. The number of nitrogens with two attached hydrogens (primary N) is 1. The summed E-state index contributed by atoms with van der Waals surface area (Å²) in [6, 6.07) is 12.2. The van der Waals surface area contributed by atoms with Gasteiger partial charge >= 0.3 is 0 Å². The smallest absolute Gasteiger partial charge is 0.264 e. The lowest BCUT2D eigenvalue weighted by Crippen LogP contribution is -2.45. The number of nitrogens with zero attached hydrogens (tertiary/aromatic N) is 4. The first-order valence-corrected chi connectivity index (χ1v) is 11.1. The van der Waals surface area contributed by atoms with E-state index in [-0.39, 0.29) is 17.6 Å². The van der Waals surface area contributed by atoms with Gasteiger partial charge in [-0.15, -0.1) is 11.3 Å². The number of hydrogen-bond acceptors (Lipinski definition) is 4. The van der Waals surface area contributed by atoms with Crippen LogP contribution >= 0.6 is 11.3 Å². The average molecular weight is 446 g/mol. The molecule has 6 nitrogen and oxygen atoms in total. The highest BCUT2D eigenvalue weighted by molar-refractivity contribution is 7.18. The fourth-order valence-corrected chi connectivity index (χ4v) is 5.25. The van der Waals surface area contributed by atoms with Gasteiger partial charge in [0.1, 0.15) is 5.82 Å². The molecule has 0 radical (unpaired) electrons. The monoisotopic (exact) mass is 445 g/mol. The second-order valence-corrected chi connectivity index (χ2v) is 8.95. The molecular formula is C24H20FN5OS. The van der Waals surface area contributed by atoms with Crippen LogP contribution in [0.15, 0.2) is 54.9 Å². The van der Waals surface area contributed by atoms with E-state index in [1.54, 1.807) is 21.7 Å². The lowest BCUT2D eigenvalue weighted by molar-refractivity contribution is 0.0714. The predicted molar refractivity (Wildman–Crippen MR) is 123 cm³/mol. The molecule has 8 heteroatoms. The molecule has 0 spiro atoms. The Kier molecular flexibility index (Phi) is 5.21. The summed E-state index contributed by atoms with van der Waals surface area (Å²) in [7, 11) is 0. The van der Waals surface area contributed by atoms with E-state index in [9.17, 15) is 9.18 Å². The van der Waals surface area contributed by atoms with E-state index in [1.807, 2.05) is 30.5 Å². The maximum atomic E-state index is 14.4. The van der Waals surface area contributed by atoms with E-state index in [1.165, 1.54) is 23.5 Å². The fourth-order valence-electron chi connectivity index (χ4n) is 4.10. The molecule has 1 aromatic carbocycles. The standard InChI is InChI=1S/C24H20FN5OS/c1-27-21-5-4-15(12-20(21)25)19-13-22(24(31)29-9-2-3-17(26)14-29)32-23(19)16-7-10-30-18(11-16)6-8-28-30/h4-8,10-13,17H,2-3,9,14,26H2/t17-/m1/s1. The summed E-state index contributed by atoms with van der Waals surface area (Å²) >= 11 is 1.39. The third kappa shape index (κ3) is 3.66. The molecule has 2 N–H and O–H groups in total. The van der Waals surface area contributed by atoms with Gasteiger partial charge in [-0.1, -0.05) is 12.1 Å². The molecule has 0 unspecified atom stereocenters. The van der Waals surface area contributed by atoms with Gasteiger partial charge in [-0.25, -0.2) is 13.8 Å². The number of halogens is 1. The van der Waals surface area contributed by atoms with Gasteiger partial charge in [0.15, 0.2) is 0 Å². The van der Waals surface area contributed by atoms with Gasteiger partial charge < -0.3 is 10.6 Å². The second kappa shape index (κ2) is 8.19. The van der Waals surface area contributed by atoms with Crippen molar-refractivity contribution in [2.75, 3.05) is 13.1 Å². The van der Waals surface area contributed by atoms with Crippen molar-refractivity contribution in [3.05, 3.63) is 77.0 Å². The number of rotatable bonds is 3. The van der Waals surface area contributed by atoms with Crippen molar-refractivity contribution < 1.29 is 9.18 Å². The summed E-state index contributed by atoms with van der Waals surface area (Å²) in [5, 5.41) is 4.24. The summed E-state index contributed by atoms with van der Waals surface area (Å²) < 4.78 is 16.2. The predicted octanol–water partition coefficient (Wildman–Crippen LogP) is 4.98. The zero-order valence-corrected chi connectivity index (χ0v) is 18.0. The van der Waals surface area contributed by atoms with E-state index in [4.69, 9.17) is 12.3 Å². The molecule has 1 amide bonds. The topological polar surface area (TPSA) is 68.0 Å². The first-order valence-electron chi connectivity index (χ1n) is 10.3. The Morgan fingerprint density at radius 2 is 2.09 bits per heavy atom. The van der Waals surface area contributed by atoms with Crippen molar-refractivity contribution >= 4 is 28.4 Å². The van der Waals surface area contributed by atoms with Crippen molar-refractivity contribution in [2.24, 2.45) is 5.73 Å². The summed E-state index contributed by atoms with van der Waals surface area (Å²) in [6.07, 6.45) is 5.39. The molecule has 1 aliphatic heterocycles. The third-order valence-electron chi connectivity index (χ3n) is 5.73. The number of amides is 1. The molecule has 5 rings (SSSR count). The fraction of sp³-hybridized carbons (Fsp3) is 0.208. The van der Waals surface area contributed by atoms with Crippen LogP contribution in [0.1, 0.15) is 22.5 Å². The molecule has 4 aromatic rings. The van der Waals surface area contributed by atoms with Crippen LogP contribution in [-0.2, 0) is 0 Å². The van der Waals surface area contributed by atoms with E-state index in [2.05, 4.69) is 9.94 Å². The quantitative estimate of drug-likeness (QED) is 0.452. The normalized spacial score (nSPS) is 16.3. The van der Waals surface area contributed by atoms with Gasteiger partial charge in [0.25, 0.3) is 5.91 Å². The van der Waals surface area contributed by atoms with Crippen LogP contribution in [0, 0.1) is 12.4 Å². The Hall–Kier alpha value is -3.54. The van der Waals surface area contributed by atoms with Crippen LogP contribution in [0.25, 0.3) is 31.9 Å². The van der Waals surface area contributed by atoms with Crippen molar-refractivity contribution in [1.82, 2.24) is 14.5 Å². The molecule has 160 valence electrons. The molecule has 1 aliphatic rings. The first-order chi connectivity index (χ1) is 15.5. The maximum absolute atomic E-state index is 14.4. The van der Waals surface area contributed by atoms with Crippen molar-refractivity contribution in [3.63, 3.8) is 0 Å². The SMILES string of the molecule is [C-]#[N+]c1ccc(-c2cc(C(=O)N3CCC[C@@H](N)C3)sc2-c2ccn3nccc3c2)cc1F. The van der Waals surface area contributed by atoms with E-state index < -0.39 is 5.82 Å². The minimum Gasteiger partial charge on any atom is -0.336 e. The van der Waals surface area contributed by atoms with Gasteiger partial charge in [-0.3, -0.25) is 4.79 Å². The summed E-state index contributed by atoms with van der Waals surface area (Å²) in [5.74, 6) is -0.628. The van der Waals surface area contributed by atoms with Crippen molar-refractivity contribution in [1.29, 1.82) is 0 Å². The third-order valence-corrected chi connectivity index (χ3v) is 6.90. The second-order valence-electron chi connectivity index (χ2n) is 7.90. The zero-order chi connectivity index (χ0) is 22.2. The van der Waals surface area contributed by atoms with Gasteiger partial charge in [0, 0.05) is 42.0 Å². The number of hydrogen-bond donors (Lipinski definition) is 1. The van der Waals surface area contributed by atoms with Gasteiger partial charge in [-0.05, 0) is 54.3 Å². The molecule has 1 atom stereocenters. The zero-order valence-electron chi connectivity index (χ0n) is 17.2. The number of fused-ring (bicyclic) bond motifs is 1. The molecule has 0 bridgehead atoms. The summed E-state index contributed by atoms with van der Waals surface area (Å²) in [4.78, 5) is 19.7. The molecule has 3 aromatic heterocycles. The molecule has 1 saturated heterocycles. The van der Waals surface area contributed by atoms with Crippen molar-refractivity contribution in [2.45, 2.75) is 18.9 Å². The highest BCUT2D eigenvalue weighted by Gasteiger charge is 2.25.